The van der Waals surface area contributed by atoms with Gasteiger partial charge < -0.3 is 9.80 Å². The van der Waals surface area contributed by atoms with Crippen LogP contribution in [0.25, 0.3) is 55.3 Å². The molecule has 1 spiro atoms. The second kappa shape index (κ2) is 15.8. The van der Waals surface area contributed by atoms with Gasteiger partial charge in [0.05, 0.1) is 22.5 Å². The highest BCUT2D eigenvalue weighted by molar-refractivity contribution is 6.10. The van der Waals surface area contributed by atoms with E-state index in [2.05, 4.69) is 277 Å². The van der Waals surface area contributed by atoms with E-state index in [1.54, 1.807) is 0 Å². The number of anilines is 6. The summed E-state index contributed by atoms with van der Waals surface area (Å²) < 4.78 is 0. The molecular weight excluding hydrogens is 809 g/mol. The zero-order valence-electron chi connectivity index (χ0n) is 36.8. The molecule has 2 nitrogen and oxygen atoms in total. The molecule has 1 aliphatic heterocycles. The lowest BCUT2D eigenvalue weighted by Gasteiger charge is -2.45. The van der Waals surface area contributed by atoms with Gasteiger partial charge in [0.15, 0.2) is 0 Å². The van der Waals surface area contributed by atoms with Gasteiger partial charge in [0, 0.05) is 22.4 Å². The molecule has 67 heavy (non-hydrogen) atoms. The number of para-hydroxylation sites is 3. The van der Waals surface area contributed by atoms with Gasteiger partial charge in [-0.2, -0.15) is 0 Å². The molecule has 1 aliphatic carbocycles. The van der Waals surface area contributed by atoms with E-state index in [0.717, 1.165) is 22.7 Å². The first-order valence-electron chi connectivity index (χ1n) is 23.2. The highest BCUT2D eigenvalue weighted by Gasteiger charge is 2.52. The maximum absolute atomic E-state index is 2.45. The topological polar surface area (TPSA) is 6.48 Å². The van der Waals surface area contributed by atoms with E-state index in [1.807, 2.05) is 0 Å². The van der Waals surface area contributed by atoms with E-state index in [0.29, 0.717) is 0 Å². The predicted molar refractivity (Wildman–Crippen MR) is 280 cm³/mol. The van der Waals surface area contributed by atoms with Crippen molar-refractivity contribution >= 4 is 44.9 Å². The Bertz CT molecular complexity index is 3490. The van der Waals surface area contributed by atoms with Gasteiger partial charge in [-0.05, 0) is 127 Å². The summed E-state index contributed by atoms with van der Waals surface area (Å²) >= 11 is 0. The Labute approximate surface area is 391 Å². The largest absolute Gasteiger partial charge is 0.310 e. The molecule has 11 aromatic carbocycles. The average Bonchev–Trinajstić information content (AvgIpc) is 3.71. The summed E-state index contributed by atoms with van der Waals surface area (Å²) in [5.74, 6) is 0. The number of hydrogen-bond acceptors (Lipinski definition) is 2. The maximum Gasteiger partial charge on any atom is 0.0754 e. The van der Waals surface area contributed by atoms with Crippen LogP contribution in [0.15, 0.2) is 267 Å². The molecule has 0 saturated heterocycles. The number of rotatable bonds is 7. The molecule has 0 amide bonds. The van der Waals surface area contributed by atoms with E-state index in [4.69, 9.17) is 0 Å². The minimum absolute atomic E-state index is 0.537. The third kappa shape index (κ3) is 6.04. The minimum atomic E-state index is -0.537. The Morgan fingerprint density at radius 1 is 0.284 bits per heavy atom. The Morgan fingerprint density at radius 2 is 0.731 bits per heavy atom. The van der Waals surface area contributed by atoms with Crippen LogP contribution in [-0.2, 0) is 5.41 Å². The van der Waals surface area contributed by atoms with Crippen LogP contribution in [0.1, 0.15) is 22.3 Å². The van der Waals surface area contributed by atoms with Crippen molar-refractivity contribution in [2.24, 2.45) is 0 Å². The minimum Gasteiger partial charge on any atom is -0.310 e. The van der Waals surface area contributed by atoms with Crippen molar-refractivity contribution in [3.8, 4) is 44.5 Å². The standard InChI is InChI=1S/C65H44N2/c1-4-19-45(20-5-1)47-35-39-50(40-36-47)66(51-41-37-48(38-42-51)46-21-6-2-7-22-46)61-44-43-53(52-25-10-11-26-54(52)61)55-28-18-32-60-64(55)56-27-12-13-29-57(56)65(60)58-30-14-16-33-62(58)67(49-23-8-3-9-24-49)63-34-17-15-31-59(63)65/h1-44H. The summed E-state index contributed by atoms with van der Waals surface area (Å²) in [5, 5.41) is 2.39. The maximum atomic E-state index is 2.45. The van der Waals surface area contributed by atoms with Crippen LogP contribution < -0.4 is 9.80 Å². The molecule has 2 heteroatoms. The highest BCUT2D eigenvalue weighted by atomic mass is 15.2. The number of nitrogens with zero attached hydrogens (tertiary/aromatic N) is 2. The zero-order chi connectivity index (χ0) is 44.3. The smallest absolute Gasteiger partial charge is 0.0754 e. The second-order valence-corrected chi connectivity index (χ2v) is 17.6. The van der Waals surface area contributed by atoms with E-state index in [1.165, 1.54) is 88.9 Å². The van der Waals surface area contributed by atoms with Gasteiger partial charge in [-0.25, -0.2) is 0 Å². The average molecular weight is 853 g/mol. The predicted octanol–water partition coefficient (Wildman–Crippen LogP) is 17.5. The van der Waals surface area contributed by atoms with Crippen molar-refractivity contribution in [3.63, 3.8) is 0 Å². The summed E-state index contributed by atoms with van der Waals surface area (Å²) in [7, 11) is 0. The van der Waals surface area contributed by atoms with Gasteiger partial charge >= 0.3 is 0 Å². The first-order chi connectivity index (χ1) is 33.3. The van der Waals surface area contributed by atoms with Gasteiger partial charge in [-0.15, -0.1) is 0 Å². The quantitative estimate of drug-likeness (QED) is 0.158. The normalized spacial score (nSPS) is 12.9. The Hall–Kier alpha value is -8.72. The fourth-order valence-corrected chi connectivity index (χ4v) is 11.2. The number of fused-ring (bicyclic) bond motifs is 10. The van der Waals surface area contributed by atoms with Crippen LogP contribution in [0.3, 0.4) is 0 Å². The van der Waals surface area contributed by atoms with Crippen molar-refractivity contribution in [1.82, 2.24) is 0 Å². The van der Waals surface area contributed by atoms with Crippen molar-refractivity contribution in [3.05, 3.63) is 289 Å². The summed E-state index contributed by atoms with van der Waals surface area (Å²) in [4.78, 5) is 4.87. The van der Waals surface area contributed by atoms with Gasteiger partial charge in [0.25, 0.3) is 0 Å². The fourth-order valence-electron chi connectivity index (χ4n) is 11.2. The lowest BCUT2D eigenvalue weighted by Crippen LogP contribution is -2.36. The Morgan fingerprint density at radius 3 is 1.33 bits per heavy atom. The van der Waals surface area contributed by atoms with Crippen LogP contribution in [0, 0.1) is 0 Å². The first kappa shape index (κ1) is 38.7. The molecule has 0 atom stereocenters. The lowest BCUT2D eigenvalue weighted by atomic mass is 9.64. The fraction of sp³-hybridized carbons (Fsp3) is 0.0154. The number of benzene rings is 11. The molecule has 0 aromatic heterocycles. The SMILES string of the molecule is c1ccc(-c2ccc(N(c3ccc(-c4ccccc4)cc3)c3ccc(-c4cccc5c4-c4ccccc4C54c5ccccc5N(c5ccccc5)c5ccccc54)c4ccccc34)cc2)cc1. The van der Waals surface area contributed by atoms with Crippen LogP contribution in [0.4, 0.5) is 34.1 Å². The van der Waals surface area contributed by atoms with Crippen molar-refractivity contribution < 1.29 is 0 Å². The van der Waals surface area contributed by atoms with Crippen molar-refractivity contribution in [2.45, 2.75) is 5.41 Å². The van der Waals surface area contributed by atoms with E-state index >= 15 is 0 Å². The lowest BCUT2D eigenvalue weighted by molar-refractivity contribution is 0.753. The Kier molecular flexibility index (Phi) is 9.11. The summed E-state index contributed by atoms with van der Waals surface area (Å²) in [6.45, 7) is 0. The summed E-state index contributed by atoms with van der Waals surface area (Å²) in [6, 6.07) is 98.0. The van der Waals surface area contributed by atoms with Gasteiger partial charge in [0.1, 0.15) is 0 Å². The summed E-state index contributed by atoms with van der Waals surface area (Å²) in [5.41, 5.74) is 21.3. The van der Waals surface area contributed by atoms with Gasteiger partial charge in [-0.1, -0.05) is 212 Å². The molecule has 0 radical (unpaired) electrons. The molecule has 0 bridgehead atoms. The van der Waals surface area contributed by atoms with Gasteiger partial charge in [0.2, 0.25) is 0 Å². The molecule has 0 unspecified atom stereocenters. The molecule has 1 heterocycles. The summed E-state index contributed by atoms with van der Waals surface area (Å²) in [6.07, 6.45) is 0. The molecule has 0 N–H and O–H groups in total. The third-order valence-electron chi connectivity index (χ3n) is 14.1. The first-order valence-corrected chi connectivity index (χ1v) is 23.2. The molecule has 13 rings (SSSR count). The van der Waals surface area contributed by atoms with Crippen molar-refractivity contribution in [2.75, 3.05) is 9.80 Å². The molecule has 314 valence electrons. The monoisotopic (exact) mass is 852 g/mol. The van der Waals surface area contributed by atoms with E-state index < -0.39 is 5.41 Å². The molecular formula is C65H44N2. The van der Waals surface area contributed by atoms with Crippen LogP contribution in [-0.4, -0.2) is 0 Å². The van der Waals surface area contributed by atoms with Gasteiger partial charge in [-0.3, -0.25) is 0 Å². The second-order valence-electron chi connectivity index (χ2n) is 17.6. The number of hydrogen-bond donors (Lipinski definition) is 0. The Balaban J connectivity index is 1.01. The van der Waals surface area contributed by atoms with Crippen LogP contribution in [0.2, 0.25) is 0 Å². The van der Waals surface area contributed by atoms with E-state index in [-0.39, 0.29) is 0 Å². The molecule has 0 saturated carbocycles. The molecule has 0 fully saturated rings. The van der Waals surface area contributed by atoms with E-state index in [9.17, 15) is 0 Å². The zero-order valence-corrected chi connectivity index (χ0v) is 36.8. The highest BCUT2D eigenvalue weighted by Crippen LogP contribution is 2.64. The third-order valence-corrected chi connectivity index (χ3v) is 14.1. The van der Waals surface area contributed by atoms with Crippen LogP contribution >= 0.6 is 0 Å². The molecule has 2 aliphatic rings. The van der Waals surface area contributed by atoms with Crippen molar-refractivity contribution in [1.29, 1.82) is 0 Å². The molecule has 11 aromatic rings. The van der Waals surface area contributed by atoms with Crippen LogP contribution in [0.5, 0.6) is 0 Å².